The van der Waals surface area contributed by atoms with Gasteiger partial charge in [0.25, 0.3) is 5.91 Å². The van der Waals surface area contributed by atoms with Crippen molar-refractivity contribution in [3.8, 4) is 0 Å². The quantitative estimate of drug-likeness (QED) is 0.912. The summed E-state index contributed by atoms with van der Waals surface area (Å²) in [7, 11) is 1.74. The van der Waals surface area contributed by atoms with E-state index in [0.717, 1.165) is 11.3 Å². The highest BCUT2D eigenvalue weighted by molar-refractivity contribution is 6.30. The predicted octanol–water partition coefficient (Wildman–Crippen LogP) is 3.15. The minimum atomic E-state index is -0.480. The van der Waals surface area contributed by atoms with Gasteiger partial charge < -0.3 is 10.6 Å². The number of aromatic nitrogens is 1. The Morgan fingerprint density at radius 3 is 2.81 bits per heavy atom. The fourth-order valence-corrected chi connectivity index (χ4v) is 2.08. The van der Waals surface area contributed by atoms with E-state index >= 15 is 0 Å². The van der Waals surface area contributed by atoms with Crippen molar-refractivity contribution in [1.29, 1.82) is 0 Å². The van der Waals surface area contributed by atoms with Crippen LogP contribution in [0.1, 0.15) is 21.6 Å². The average Bonchev–Trinajstić information content (AvgIpc) is 2.48. The third kappa shape index (κ3) is 3.70. The summed E-state index contributed by atoms with van der Waals surface area (Å²) in [6.45, 7) is 2.11. The van der Waals surface area contributed by atoms with Crippen LogP contribution in [0.5, 0.6) is 0 Å². The molecule has 1 amide bonds. The first-order valence-corrected chi connectivity index (χ1v) is 6.75. The van der Waals surface area contributed by atoms with Gasteiger partial charge >= 0.3 is 0 Å². The van der Waals surface area contributed by atoms with Gasteiger partial charge in [-0.1, -0.05) is 17.7 Å². The van der Waals surface area contributed by atoms with E-state index in [-0.39, 0.29) is 17.5 Å². The van der Waals surface area contributed by atoms with Gasteiger partial charge in [0, 0.05) is 25.5 Å². The molecule has 0 spiro atoms. The van der Waals surface area contributed by atoms with Gasteiger partial charge in [0.2, 0.25) is 0 Å². The highest BCUT2D eigenvalue weighted by Gasteiger charge is 2.11. The van der Waals surface area contributed by atoms with Crippen molar-refractivity contribution >= 4 is 23.2 Å². The van der Waals surface area contributed by atoms with E-state index in [9.17, 15) is 9.18 Å². The van der Waals surface area contributed by atoms with Crippen molar-refractivity contribution in [1.82, 2.24) is 10.3 Å². The molecule has 0 saturated carbocycles. The van der Waals surface area contributed by atoms with Crippen LogP contribution in [0.15, 0.2) is 30.5 Å². The van der Waals surface area contributed by atoms with Gasteiger partial charge in [-0.3, -0.25) is 9.78 Å². The van der Waals surface area contributed by atoms with Gasteiger partial charge in [0.15, 0.2) is 0 Å². The minimum absolute atomic E-state index is 0.0367. The second kappa shape index (κ2) is 6.54. The number of carbonyl (C=O) groups excluding carboxylic acids is 1. The van der Waals surface area contributed by atoms with Crippen molar-refractivity contribution in [2.24, 2.45) is 0 Å². The van der Waals surface area contributed by atoms with Crippen LogP contribution >= 0.6 is 11.6 Å². The number of hydrogen-bond acceptors (Lipinski definition) is 3. The molecule has 6 heteroatoms. The lowest BCUT2D eigenvalue weighted by atomic mass is 10.1. The number of nitrogens with one attached hydrogen (secondary N) is 2. The summed E-state index contributed by atoms with van der Waals surface area (Å²) in [6, 6.07) is 6.14. The molecule has 0 fully saturated rings. The second-order valence-electron chi connectivity index (χ2n) is 4.55. The molecule has 2 rings (SSSR count). The standard InChI is InChI=1S/C15H15ClFN3O/c1-9-5-14(18-2)11(8-19-9)15(21)20-7-10-3-4-13(17)12(16)6-10/h3-6,8H,7H2,1-2H3,(H,18,19)(H,20,21). The molecule has 0 saturated heterocycles. The Hall–Kier alpha value is -2.14. The lowest BCUT2D eigenvalue weighted by Gasteiger charge is -2.10. The zero-order chi connectivity index (χ0) is 15.4. The number of pyridine rings is 1. The number of amides is 1. The molecular weight excluding hydrogens is 293 g/mol. The molecule has 2 aromatic rings. The van der Waals surface area contributed by atoms with Gasteiger partial charge in [-0.15, -0.1) is 0 Å². The molecule has 0 unspecified atom stereocenters. The number of anilines is 1. The van der Waals surface area contributed by atoms with Crippen LogP contribution in [0.3, 0.4) is 0 Å². The summed E-state index contributed by atoms with van der Waals surface area (Å²) in [4.78, 5) is 16.3. The van der Waals surface area contributed by atoms with Crippen LogP contribution in [-0.4, -0.2) is 17.9 Å². The van der Waals surface area contributed by atoms with E-state index in [4.69, 9.17) is 11.6 Å². The van der Waals surface area contributed by atoms with Gasteiger partial charge in [-0.25, -0.2) is 4.39 Å². The number of nitrogens with zero attached hydrogens (tertiary/aromatic N) is 1. The summed E-state index contributed by atoms with van der Waals surface area (Å²) in [6.07, 6.45) is 1.52. The fourth-order valence-electron chi connectivity index (χ4n) is 1.87. The molecule has 0 radical (unpaired) electrons. The maximum Gasteiger partial charge on any atom is 0.255 e. The first kappa shape index (κ1) is 15.3. The van der Waals surface area contributed by atoms with Crippen molar-refractivity contribution in [3.05, 3.63) is 58.1 Å². The van der Waals surface area contributed by atoms with Crippen LogP contribution < -0.4 is 10.6 Å². The van der Waals surface area contributed by atoms with E-state index in [1.54, 1.807) is 19.2 Å². The van der Waals surface area contributed by atoms with E-state index < -0.39 is 5.82 Å². The summed E-state index contributed by atoms with van der Waals surface area (Å²) >= 11 is 5.70. The number of aryl methyl sites for hydroxylation is 1. The lowest BCUT2D eigenvalue weighted by Crippen LogP contribution is -2.24. The smallest absolute Gasteiger partial charge is 0.255 e. The van der Waals surface area contributed by atoms with Gasteiger partial charge in [0.1, 0.15) is 5.82 Å². The molecule has 1 heterocycles. The number of benzene rings is 1. The molecular formula is C15H15ClFN3O. The monoisotopic (exact) mass is 307 g/mol. The number of hydrogen-bond donors (Lipinski definition) is 2. The van der Waals surface area contributed by atoms with Crippen molar-refractivity contribution in [2.45, 2.75) is 13.5 Å². The third-order valence-electron chi connectivity index (χ3n) is 2.99. The Kier molecular flexibility index (Phi) is 4.75. The Balaban J connectivity index is 2.09. The number of carbonyl (C=O) groups is 1. The molecule has 2 N–H and O–H groups in total. The summed E-state index contributed by atoms with van der Waals surface area (Å²) in [5.74, 6) is -0.737. The number of halogens is 2. The van der Waals surface area contributed by atoms with Crippen LogP contribution in [0.25, 0.3) is 0 Å². The molecule has 4 nitrogen and oxygen atoms in total. The van der Waals surface area contributed by atoms with E-state index in [0.29, 0.717) is 11.3 Å². The van der Waals surface area contributed by atoms with Crippen LogP contribution in [0.2, 0.25) is 5.02 Å². The first-order valence-electron chi connectivity index (χ1n) is 6.38. The van der Waals surface area contributed by atoms with E-state index in [1.165, 1.54) is 18.3 Å². The summed E-state index contributed by atoms with van der Waals surface area (Å²) in [5.41, 5.74) is 2.70. The van der Waals surface area contributed by atoms with E-state index in [1.807, 2.05) is 6.92 Å². The molecule has 0 aliphatic rings. The van der Waals surface area contributed by atoms with Crippen LogP contribution in [0.4, 0.5) is 10.1 Å². The SMILES string of the molecule is CNc1cc(C)ncc1C(=O)NCc1ccc(F)c(Cl)c1. The second-order valence-corrected chi connectivity index (χ2v) is 4.96. The highest BCUT2D eigenvalue weighted by atomic mass is 35.5. The Labute approximate surface area is 127 Å². The molecule has 0 bridgehead atoms. The van der Waals surface area contributed by atoms with Gasteiger partial charge in [0.05, 0.1) is 16.3 Å². The van der Waals surface area contributed by atoms with Crippen molar-refractivity contribution < 1.29 is 9.18 Å². The Morgan fingerprint density at radius 1 is 1.38 bits per heavy atom. The zero-order valence-electron chi connectivity index (χ0n) is 11.7. The molecule has 1 aromatic heterocycles. The van der Waals surface area contributed by atoms with E-state index in [2.05, 4.69) is 15.6 Å². The summed E-state index contributed by atoms with van der Waals surface area (Å²) in [5, 5.41) is 5.75. The molecule has 0 aliphatic heterocycles. The largest absolute Gasteiger partial charge is 0.387 e. The third-order valence-corrected chi connectivity index (χ3v) is 3.28. The molecule has 21 heavy (non-hydrogen) atoms. The Bertz CT molecular complexity index is 676. The Morgan fingerprint density at radius 2 is 2.14 bits per heavy atom. The first-order chi connectivity index (χ1) is 10.0. The molecule has 110 valence electrons. The fraction of sp³-hybridized carbons (Fsp3) is 0.200. The van der Waals surface area contributed by atoms with Gasteiger partial charge in [-0.2, -0.15) is 0 Å². The van der Waals surface area contributed by atoms with Crippen molar-refractivity contribution in [2.75, 3.05) is 12.4 Å². The maximum atomic E-state index is 13.1. The number of rotatable bonds is 4. The topological polar surface area (TPSA) is 54.0 Å². The van der Waals surface area contributed by atoms with Gasteiger partial charge in [-0.05, 0) is 30.7 Å². The van der Waals surface area contributed by atoms with Crippen molar-refractivity contribution in [3.63, 3.8) is 0 Å². The zero-order valence-corrected chi connectivity index (χ0v) is 12.5. The summed E-state index contributed by atoms with van der Waals surface area (Å²) < 4.78 is 13.1. The average molecular weight is 308 g/mol. The molecule has 0 atom stereocenters. The minimum Gasteiger partial charge on any atom is -0.387 e. The van der Waals surface area contributed by atoms with Crippen LogP contribution in [0, 0.1) is 12.7 Å². The molecule has 0 aliphatic carbocycles. The normalized spacial score (nSPS) is 10.3. The highest BCUT2D eigenvalue weighted by Crippen LogP contribution is 2.17. The lowest BCUT2D eigenvalue weighted by molar-refractivity contribution is 0.0951. The molecule has 1 aromatic carbocycles. The predicted molar refractivity (Wildman–Crippen MR) is 81.1 cm³/mol. The maximum absolute atomic E-state index is 13.1. The van der Waals surface area contributed by atoms with Crippen LogP contribution in [-0.2, 0) is 6.54 Å².